The number of furan rings is 1. The summed E-state index contributed by atoms with van der Waals surface area (Å²) in [5.41, 5.74) is 1.54. The summed E-state index contributed by atoms with van der Waals surface area (Å²) in [6, 6.07) is 11.0. The Morgan fingerprint density at radius 3 is 2.68 bits per heavy atom. The molecule has 2 heterocycles. The molecule has 3 rings (SSSR count). The van der Waals surface area contributed by atoms with Gasteiger partial charge in [-0.15, -0.1) is 0 Å². The van der Waals surface area contributed by atoms with E-state index >= 15 is 0 Å². The van der Waals surface area contributed by atoms with Crippen LogP contribution in [0.2, 0.25) is 0 Å². The summed E-state index contributed by atoms with van der Waals surface area (Å²) in [6.07, 6.45) is 2.80. The lowest BCUT2D eigenvalue weighted by molar-refractivity contribution is -0.132. The highest BCUT2D eigenvalue weighted by molar-refractivity contribution is 5.95. The number of rotatable bonds is 3. The molecule has 1 N–H and O–H groups in total. The van der Waals surface area contributed by atoms with Crippen molar-refractivity contribution in [1.29, 1.82) is 0 Å². The molecular formula is C17H18N2O3. The Balaban J connectivity index is 1.64. The molecule has 1 unspecified atom stereocenters. The third-order valence-corrected chi connectivity index (χ3v) is 3.91. The first kappa shape index (κ1) is 14.4. The van der Waals surface area contributed by atoms with E-state index in [9.17, 15) is 9.59 Å². The van der Waals surface area contributed by atoms with Gasteiger partial charge in [-0.25, -0.2) is 0 Å². The van der Waals surface area contributed by atoms with E-state index < -0.39 is 0 Å². The Labute approximate surface area is 128 Å². The number of likely N-dealkylation sites (tertiary alicyclic amines) is 1. The molecule has 0 spiro atoms. The lowest BCUT2D eigenvalue weighted by Crippen LogP contribution is -2.48. The van der Waals surface area contributed by atoms with Crippen molar-refractivity contribution in [2.75, 3.05) is 13.6 Å². The molecule has 1 aromatic heterocycles. The van der Waals surface area contributed by atoms with Gasteiger partial charge in [0, 0.05) is 37.2 Å². The minimum Gasteiger partial charge on any atom is -0.464 e. The van der Waals surface area contributed by atoms with E-state index in [2.05, 4.69) is 5.32 Å². The number of likely N-dealkylation sites (N-methyl/N-ethyl adjacent to an activating group) is 1. The fourth-order valence-corrected chi connectivity index (χ4v) is 2.63. The number of nitrogens with one attached hydrogen (secondary N) is 1. The van der Waals surface area contributed by atoms with Crippen molar-refractivity contribution in [3.05, 3.63) is 48.2 Å². The van der Waals surface area contributed by atoms with Gasteiger partial charge in [0.15, 0.2) is 0 Å². The second-order valence-electron chi connectivity index (χ2n) is 5.54. The lowest BCUT2D eigenvalue weighted by atomic mass is 10.0. The predicted molar refractivity (Wildman–Crippen MR) is 82.3 cm³/mol. The lowest BCUT2D eigenvalue weighted by Gasteiger charge is -2.30. The molecule has 114 valence electrons. The van der Waals surface area contributed by atoms with Gasteiger partial charge in [0.05, 0.1) is 6.26 Å². The molecule has 1 atom stereocenters. The first-order chi connectivity index (χ1) is 10.6. The number of carbonyl (C=O) groups excluding carboxylic acids is 2. The van der Waals surface area contributed by atoms with Crippen LogP contribution in [-0.4, -0.2) is 36.3 Å². The van der Waals surface area contributed by atoms with E-state index in [-0.39, 0.29) is 17.9 Å². The van der Waals surface area contributed by atoms with Crippen molar-refractivity contribution in [3.63, 3.8) is 0 Å². The van der Waals surface area contributed by atoms with Gasteiger partial charge in [-0.05, 0) is 30.7 Å². The summed E-state index contributed by atoms with van der Waals surface area (Å²) >= 11 is 0. The summed E-state index contributed by atoms with van der Waals surface area (Å²) in [5, 5.41) is 2.98. The third kappa shape index (κ3) is 3.03. The minimum atomic E-state index is -0.112. The maximum Gasteiger partial charge on any atom is 0.251 e. The molecule has 1 aliphatic rings. The van der Waals surface area contributed by atoms with Gasteiger partial charge in [0.25, 0.3) is 5.91 Å². The third-order valence-electron chi connectivity index (χ3n) is 3.91. The van der Waals surface area contributed by atoms with Crippen LogP contribution in [-0.2, 0) is 4.79 Å². The fourth-order valence-electron chi connectivity index (χ4n) is 2.63. The molecule has 22 heavy (non-hydrogen) atoms. The van der Waals surface area contributed by atoms with Crippen molar-refractivity contribution >= 4 is 11.8 Å². The summed E-state index contributed by atoms with van der Waals surface area (Å²) in [5.74, 6) is 0.798. The summed E-state index contributed by atoms with van der Waals surface area (Å²) in [6.45, 7) is 0.565. The van der Waals surface area contributed by atoms with Crippen LogP contribution in [0.5, 0.6) is 0 Å². The quantitative estimate of drug-likeness (QED) is 0.945. The zero-order valence-corrected chi connectivity index (χ0v) is 12.4. The van der Waals surface area contributed by atoms with E-state index in [1.807, 2.05) is 24.3 Å². The summed E-state index contributed by atoms with van der Waals surface area (Å²) in [4.78, 5) is 25.4. The first-order valence-corrected chi connectivity index (χ1v) is 7.32. The Morgan fingerprint density at radius 1 is 1.27 bits per heavy atom. The van der Waals surface area contributed by atoms with Crippen LogP contribution in [0.3, 0.4) is 0 Å². The van der Waals surface area contributed by atoms with Gasteiger partial charge in [-0.1, -0.05) is 12.1 Å². The Hall–Kier alpha value is -2.56. The highest BCUT2D eigenvalue weighted by atomic mass is 16.3. The number of carbonyl (C=O) groups is 2. The first-order valence-electron chi connectivity index (χ1n) is 7.32. The Morgan fingerprint density at radius 2 is 2.05 bits per heavy atom. The van der Waals surface area contributed by atoms with Crippen molar-refractivity contribution in [2.24, 2.45) is 0 Å². The summed E-state index contributed by atoms with van der Waals surface area (Å²) in [7, 11) is 1.76. The van der Waals surface area contributed by atoms with E-state index in [4.69, 9.17) is 4.42 Å². The second kappa shape index (κ2) is 6.05. The highest BCUT2D eigenvalue weighted by Gasteiger charge is 2.24. The van der Waals surface area contributed by atoms with Gasteiger partial charge in [-0.3, -0.25) is 9.59 Å². The number of amides is 2. The molecule has 0 saturated carbocycles. The van der Waals surface area contributed by atoms with Gasteiger partial charge in [-0.2, -0.15) is 0 Å². The van der Waals surface area contributed by atoms with Crippen LogP contribution in [0.25, 0.3) is 11.3 Å². The molecule has 0 radical (unpaired) electrons. The topological polar surface area (TPSA) is 62.6 Å². The molecular weight excluding hydrogens is 280 g/mol. The van der Waals surface area contributed by atoms with Crippen LogP contribution < -0.4 is 5.32 Å². The molecule has 0 aliphatic carbocycles. The van der Waals surface area contributed by atoms with Gasteiger partial charge < -0.3 is 14.6 Å². The van der Waals surface area contributed by atoms with Crippen LogP contribution in [0, 0.1) is 0 Å². The standard InChI is InChI=1S/C17H18N2O3/c1-19-11-14(8-9-16(19)20)18-17(21)13-6-4-12(5-7-13)15-3-2-10-22-15/h2-7,10,14H,8-9,11H2,1H3,(H,18,21). The van der Waals surface area contributed by atoms with Crippen LogP contribution in [0.15, 0.2) is 47.1 Å². The van der Waals surface area contributed by atoms with Gasteiger partial charge in [0.2, 0.25) is 5.91 Å². The largest absolute Gasteiger partial charge is 0.464 e. The average Bonchev–Trinajstić information content (AvgIpc) is 3.05. The number of benzene rings is 1. The molecule has 5 nitrogen and oxygen atoms in total. The summed E-state index contributed by atoms with van der Waals surface area (Å²) < 4.78 is 5.33. The maximum absolute atomic E-state index is 12.3. The second-order valence-corrected chi connectivity index (χ2v) is 5.54. The van der Waals surface area contributed by atoms with Crippen molar-refractivity contribution in [2.45, 2.75) is 18.9 Å². The molecule has 5 heteroatoms. The number of piperidine rings is 1. The smallest absolute Gasteiger partial charge is 0.251 e. The fraction of sp³-hybridized carbons (Fsp3) is 0.294. The minimum absolute atomic E-state index is 0.0138. The highest BCUT2D eigenvalue weighted by Crippen LogP contribution is 2.20. The average molecular weight is 298 g/mol. The molecule has 1 saturated heterocycles. The zero-order chi connectivity index (χ0) is 15.5. The number of hydrogen-bond acceptors (Lipinski definition) is 3. The normalized spacial score (nSPS) is 18.3. The molecule has 1 fully saturated rings. The van der Waals surface area contributed by atoms with Crippen LogP contribution in [0.4, 0.5) is 0 Å². The number of hydrogen-bond donors (Lipinski definition) is 1. The monoisotopic (exact) mass is 298 g/mol. The zero-order valence-electron chi connectivity index (χ0n) is 12.4. The van der Waals surface area contributed by atoms with Crippen molar-refractivity contribution in [1.82, 2.24) is 10.2 Å². The SMILES string of the molecule is CN1CC(NC(=O)c2ccc(-c3ccco3)cc2)CCC1=O. The molecule has 2 amide bonds. The van der Waals surface area contributed by atoms with Crippen LogP contribution >= 0.6 is 0 Å². The Kier molecular flexibility index (Phi) is 3.96. The number of nitrogens with zero attached hydrogens (tertiary/aromatic N) is 1. The van der Waals surface area contributed by atoms with Crippen molar-refractivity contribution in [3.8, 4) is 11.3 Å². The van der Waals surface area contributed by atoms with E-state index in [1.165, 1.54) is 0 Å². The molecule has 0 bridgehead atoms. The van der Waals surface area contributed by atoms with Gasteiger partial charge in [0.1, 0.15) is 5.76 Å². The van der Waals surface area contributed by atoms with E-state index in [1.54, 1.807) is 30.3 Å². The molecule has 1 aromatic carbocycles. The van der Waals surface area contributed by atoms with E-state index in [0.717, 1.165) is 11.3 Å². The maximum atomic E-state index is 12.3. The van der Waals surface area contributed by atoms with Gasteiger partial charge >= 0.3 is 0 Å². The molecule has 2 aromatic rings. The van der Waals surface area contributed by atoms with Crippen LogP contribution in [0.1, 0.15) is 23.2 Å². The predicted octanol–water partition coefficient (Wildman–Crippen LogP) is 2.30. The Bertz CT molecular complexity index is 662. The van der Waals surface area contributed by atoms with E-state index in [0.29, 0.717) is 24.9 Å². The molecule has 1 aliphatic heterocycles. The van der Waals surface area contributed by atoms with Crippen molar-refractivity contribution < 1.29 is 14.0 Å².